The maximum absolute atomic E-state index is 14.5. The van der Waals surface area contributed by atoms with Crippen LogP contribution in [-0.2, 0) is 39.5 Å². The van der Waals surface area contributed by atoms with Crippen molar-refractivity contribution in [2.45, 2.75) is 103 Å². The lowest BCUT2D eigenvalue weighted by molar-refractivity contribution is -0.143. The van der Waals surface area contributed by atoms with Gasteiger partial charge in [0.05, 0.1) is 22.7 Å². The number of carbonyl (C=O) groups excluding carboxylic acids is 2. The number of aliphatic carboxylic acids is 1. The molecule has 0 saturated carbocycles. The van der Waals surface area contributed by atoms with Crippen LogP contribution in [-0.4, -0.2) is 60.4 Å². The zero-order valence-electron chi connectivity index (χ0n) is 34.1. The lowest BCUT2D eigenvalue weighted by atomic mass is 9.72. The quantitative estimate of drug-likeness (QED) is 0.0861. The van der Waals surface area contributed by atoms with Crippen LogP contribution >= 0.6 is 0 Å². The second-order valence-corrected chi connectivity index (χ2v) is 21.3. The summed E-state index contributed by atoms with van der Waals surface area (Å²) in [5.74, 6) is -3.07. The molecule has 3 atom stereocenters. The molecule has 3 amide bonds. The highest BCUT2D eigenvalue weighted by Crippen LogP contribution is 2.44. The standard InChI is InChI=1S/C42H50F7N3O6Si/c1-26-18-32(43)14-15-33(26)34-23-40(50-37(55)57-25-28-12-10-9-11-13-28,27(2)19-35(36(53)54)58-59(7,8)39(3,4)5)16-17-52(34)38(56)51(6)24-29-20-30(41(44,45)46)22-31(21-29)42(47,48)49/h9-15,18-22,27,34H,16-17,23-25H2,1-8H3,(H,50,55)(H,53,54)/b35-19+/t27?,34-,40-/m1/s1. The van der Waals surface area contributed by atoms with Crippen LogP contribution < -0.4 is 5.32 Å². The predicted molar refractivity (Wildman–Crippen MR) is 209 cm³/mol. The number of carboxylic acid groups (broad SMARTS) is 1. The van der Waals surface area contributed by atoms with E-state index < -0.39 is 85.3 Å². The van der Waals surface area contributed by atoms with Gasteiger partial charge in [0.25, 0.3) is 8.32 Å². The molecule has 17 heteroatoms. The van der Waals surface area contributed by atoms with Crippen LogP contribution in [0.2, 0.25) is 18.1 Å². The number of benzene rings is 3. The fourth-order valence-corrected chi connectivity index (χ4v) is 7.80. The molecule has 9 nitrogen and oxygen atoms in total. The van der Waals surface area contributed by atoms with Crippen molar-refractivity contribution in [2.75, 3.05) is 13.6 Å². The zero-order valence-corrected chi connectivity index (χ0v) is 35.1. The molecule has 4 rings (SSSR count). The average molecular weight is 854 g/mol. The molecule has 1 unspecified atom stereocenters. The van der Waals surface area contributed by atoms with Gasteiger partial charge >= 0.3 is 30.4 Å². The molecule has 1 fully saturated rings. The van der Waals surface area contributed by atoms with Gasteiger partial charge < -0.3 is 29.4 Å². The van der Waals surface area contributed by atoms with Gasteiger partial charge in [0.2, 0.25) is 0 Å². The van der Waals surface area contributed by atoms with Crippen LogP contribution in [0, 0.1) is 18.7 Å². The van der Waals surface area contributed by atoms with Crippen LogP contribution in [0.3, 0.4) is 0 Å². The van der Waals surface area contributed by atoms with Crippen molar-refractivity contribution in [1.29, 1.82) is 0 Å². The van der Waals surface area contributed by atoms with Crippen LogP contribution in [0.1, 0.15) is 80.0 Å². The first-order valence-electron chi connectivity index (χ1n) is 18.8. The Balaban J connectivity index is 1.79. The number of aryl methyl sites for hydroxylation is 1. The number of likely N-dealkylation sites (tertiary alicyclic amines) is 1. The highest BCUT2D eigenvalue weighted by atomic mass is 28.4. The fraction of sp³-hybridized carbons (Fsp3) is 0.452. The van der Waals surface area contributed by atoms with Crippen molar-refractivity contribution in [3.63, 3.8) is 0 Å². The molecule has 322 valence electrons. The zero-order chi connectivity index (χ0) is 44.3. The van der Waals surface area contributed by atoms with E-state index in [2.05, 4.69) is 5.32 Å². The fourth-order valence-electron chi connectivity index (χ4n) is 6.79. The van der Waals surface area contributed by atoms with E-state index in [1.165, 1.54) is 36.2 Å². The number of rotatable bonds is 11. The van der Waals surface area contributed by atoms with Gasteiger partial charge in [-0.1, -0.05) is 64.1 Å². The topological polar surface area (TPSA) is 108 Å². The number of urea groups is 1. The van der Waals surface area contributed by atoms with Crippen molar-refractivity contribution >= 4 is 26.4 Å². The molecule has 3 aromatic carbocycles. The Morgan fingerprint density at radius 3 is 2.08 bits per heavy atom. The molecule has 1 aliphatic heterocycles. The second-order valence-electron chi connectivity index (χ2n) is 16.5. The first-order chi connectivity index (χ1) is 27.1. The van der Waals surface area contributed by atoms with Crippen molar-refractivity contribution < 1.29 is 59.4 Å². The van der Waals surface area contributed by atoms with Gasteiger partial charge in [-0.2, -0.15) is 26.3 Å². The SMILES string of the molecule is Cc1cc(F)ccc1[C@H]1C[C@@](NC(=O)OCc2ccccc2)(C(C)/C=C(/O[Si](C)(C)C(C)(C)C)C(=O)O)CCN1C(=O)N(C)Cc1cc(C(F)(F)F)cc(C(F)(F)F)c1. The van der Waals surface area contributed by atoms with Crippen LogP contribution in [0.25, 0.3) is 0 Å². The van der Waals surface area contributed by atoms with E-state index in [-0.39, 0.29) is 42.9 Å². The molecule has 0 spiro atoms. The Morgan fingerprint density at radius 2 is 1.56 bits per heavy atom. The number of alkyl halides is 6. The van der Waals surface area contributed by atoms with Gasteiger partial charge in [-0.3, -0.25) is 0 Å². The number of carbonyl (C=O) groups is 3. The number of halogens is 7. The number of nitrogens with one attached hydrogen (secondary N) is 1. The summed E-state index contributed by atoms with van der Waals surface area (Å²) in [7, 11) is -1.48. The second kappa shape index (κ2) is 17.7. The third-order valence-electron chi connectivity index (χ3n) is 11.2. The summed E-state index contributed by atoms with van der Waals surface area (Å²) >= 11 is 0. The van der Waals surface area contributed by atoms with Gasteiger partial charge in [-0.25, -0.2) is 18.8 Å². The molecular formula is C42H50F7N3O6Si. The summed E-state index contributed by atoms with van der Waals surface area (Å²) in [6, 6.07) is 12.0. The minimum absolute atomic E-state index is 0.00344. The lowest BCUT2D eigenvalue weighted by Crippen LogP contribution is -2.61. The molecule has 1 aliphatic rings. The molecule has 0 bridgehead atoms. The predicted octanol–water partition coefficient (Wildman–Crippen LogP) is 10.9. The van der Waals surface area contributed by atoms with E-state index in [9.17, 15) is 50.2 Å². The van der Waals surface area contributed by atoms with Crippen LogP contribution in [0.5, 0.6) is 0 Å². The van der Waals surface area contributed by atoms with Gasteiger partial charge in [0, 0.05) is 26.1 Å². The van der Waals surface area contributed by atoms with E-state index >= 15 is 0 Å². The number of carboxylic acids is 1. The van der Waals surface area contributed by atoms with E-state index in [0.29, 0.717) is 28.8 Å². The largest absolute Gasteiger partial charge is 0.539 e. The number of amides is 3. The maximum Gasteiger partial charge on any atom is 0.416 e. The molecule has 0 aromatic heterocycles. The minimum Gasteiger partial charge on any atom is -0.539 e. The first-order valence-corrected chi connectivity index (χ1v) is 21.7. The van der Waals surface area contributed by atoms with E-state index in [1.807, 2.05) is 33.9 Å². The molecule has 0 aliphatic carbocycles. The average Bonchev–Trinajstić information content (AvgIpc) is 3.12. The summed E-state index contributed by atoms with van der Waals surface area (Å²) in [5, 5.41) is 12.9. The molecule has 1 saturated heterocycles. The minimum atomic E-state index is -5.10. The summed E-state index contributed by atoms with van der Waals surface area (Å²) in [4.78, 5) is 43.0. The third kappa shape index (κ3) is 11.6. The van der Waals surface area contributed by atoms with Crippen molar-refractivity contribution in [3.8, 4) is 0 Å². The number of nitrogens with zero attached hydrogens (tertiary/aromatic N) is 2. The third-order valence-corrected chi connectivity index (χ3v) is 15.5. The molecular weight excluding hydrogens is 804 g/mol. The summed E-state index contributed by atoms with van der Waals surface area (Å²) in [6.45, 7) is 12.0. The molecule has 2 N–H and O–H groups in total. The van der Waals surface area contributed by atoms with Crippen molar-refractivity contribution in [2.24, 2.45) is 5.92 Å². The van der Waals surface area contributed by atoms with Gasteiger partial charge in [0.15, 0.2) is 5.76 Å². The van der Waals surface area contributed by atoms with Gasteiger partial charge in [-0.15, -0.1) is 0 Å². The maximum atomic E-state index is 14.5. The Hall–Kier alpha value is -5.06. The number of piperidine rings is 1. The number of hydrogen-bond donors (Lipinski definition) is 2. The summed E-state index contributed by atoms with van der Waals surface area (Å²) in [5.41, 5.74) is -3.31. The van der Waals surface area contributed by atoms with Crippen molar-refractivity contribution in [1.82, 2.24) is 15.1 Å². The Morgan fingerprint density at radius 1 is 0.966 bits per heavy atom. The molecule has 59 heavy (non-hydrogen) atoms. The summed E-state index contributed by atoms with van der Waals surface area (Å²) in [6.07, 6.45) is -9.77. The van der Waals surface area contributed by atoms with Crippen LogP contribution in [0.15, 0.2) is 78.6 Å². The Bertz CT molecular complexity index is 2000. The Labute approximate surface area is 340 Å². The highest BCUT2D eigenvalue weighted by Gasteiger charge is 2.48. The number of alkyl carbamates (subject to hydrolysis) is 1. The van der Waals surface area contributed by atoms with E-state index in [1.54, 1.807) is 44.2 Å². The van der Waals surface area contributed by atoms with Crippen molar-refractivity contribution in [3.05, 3.63) is 118 Å². The Kier molecular flexibility index (Phi) is 14.0. The smallest absolute Gasteiger partial charge is 0.416 e. The summed E-state index contributed by atoms with van der Waals surface area (Å²) < 4.78 is 108. The monoisotopic (exact) mass is 853 g/mol. The molecule has 0 radical (unpaired) electrons. The highest BCUT2D eigenvalue weighted by molar-refractivity contribution is 6.74. The molecule has 3 aromatic rings. The number of ether oxygens (including phenoxy) is 1. The van der Waals surface area contributed by atoms with Gasteiger partial charge in [0.1, 0.15) is 12.4 Å². The van der Waals surface area contributed by atoms with E-state index in [0.717, 1.165) is 4.90 Å². The molecule has 1 heterocycles. The first kappa shape index (κ1) is 46.6. The lowest BCUT2D eigenvalue weighted by Gasteiger charge is -2.50. The normalized spacial score (nSPS) is 18.5. The number of hydrogen-bond acceptors (Lipinski definition) is 5. The van der Waals surface area contributed by atoms with E-state index in [4.69, 9.17) is 9.16 Å². The van der Waals surface area contributed by atoms with Crippen LogP contribution in [0.4, 0.5) is 40.3 Å². The van der Waals surface area contributed by atoms with Gasteiger partial charge in [-0.05, 0) is 96.6 Å².